The third-order valence-corrected chi connectivity index (χ3v) is 3.70. The van der Waals surface area contributed by atoms with Crippen LogP contribution in [0.25, 0.3) is 0 Å². The van der Waals surface area contributed by atoms with Crippen molar-refractivity contribution in [2.75, 3.05) is 6.61 Å². The molecule has 0 saturated carbocycles. The molecule has 23 heavy (non-hydrogen) atoms. The van der Waals surface area contributed by atoms with E-state index in [2.05, 4.69) is 11.7 Å². The summed E-state index contributed by atoms with van der Waals surface area (Å²) in [6.07, 6.45) is 13.5. The molecule has 1 atom stereocenters. The van der Waals surface area contributed by atoms with Gasteiger partial charge in [-0.15, -0.1) is 0 Å². The minimum absolute atomic E-state index is 0. The SMILES string of the molecule is CCCCCCCCCCCCCC(=O)OC(=O)[C@@H](N)CO.[Na]. The summed E-state index contributed by atoms with van der Waals surface area (Å²) < 4.78 is 4.53. The Bertz CT molecular complexity index is 300. The maximum atomic E-state index is 11.4. The minimum Gasteiger partial charge on any atom is -0.394 e. The molecule has 0 aromatic heterocycles. The van der Waals surface area contributed by atoms with Crippen molar-refractivity contribution in [3.05, 3.63) is 0 Å². The minimum atomic E-state index is -1.12. The number of hydrogen-bond acceptors (Lipinski definition) is 5. The van der Waals surface area contributed by atoms with Gasteiger partial charge in [-0.2, -0.15) is 0 Å². The van der Waals surface area contributed by atoms with E-state index < -0.39 is 24.6 Å². The predicted octanol–water partition coefficient (Wildman–Crippen LogP) is 2.70. The van der Waals surface area contributed by atoms with Crippen molar-refractivity contribution in [1.29, 1.82) is 0 Å². The van der Waals surface area contributed by atoms with Crippen molar-refractivity contribution in [3.8, 4) is 0 Å². The molecular formula is C17H33NNaO4. The molecule has 5 nitrogen and oxygen atoms in total. The van der Waals surface area contributed by atoms with Crippen LogP contribution in [0.3, 0.4) is 0 Å². The molecule has 1 radical (unpaired) electrons. The number of rotatable bonds is 14. The summed E-state index contributed by atoms with van der Waals surface area (Å²) >= 11 is 0. The molecule has 0 heterocycles. The van der Waals surface area contributed by atoms with E-state index in [0.717, 1.165) is 19.3 Å². The number of aliphatic hydroxyl groups excluding tert-OH is 1. The fraction of sp³-hybridized carbons (Fsp3) is 0.882. The van der Waals surface area contributed by atoms with E-state index in [1.807, 2.05) is 0 Å². The van der Waals surface area contributed by atoms with E-state index >= 15 is 0 Å². The second-order valence-electron chi connectivity index (χ2n) is 5.87. The topological polar surface area (TPSA) is 89.6 Å². The smallest absolute Gasteiger partial charge is 0.332 e. The molecule has 0 unspecified atom stereocenters. The van der Waals surface area contributed by atoms with Crippen LogP contribution < -0.4 is 5.73 Å². The van der Waals surface area contributed by atoms with Crippen LogP contribution in [0.1, 0.15) is 84.0 Å². The molecule has 0 aliphatic heterocycles. The molecule has 0 spiro atoms. The van der Waals surface area contributed by atoms with Crippen molar-refractivity contribution in [2.24, 2.45) is 5.73 Å². The summed E-state index contributed by atoms with van der Waals surface area (Å²) in [5, 5.41) is 8.66. The largest absolute Gasteiger partial charge is 0.394 e. The van der Waals surface area contributed by atoms with Gasteiger partial charge >= 0.3 is 11.9 Å². The Balaban J connectivity index is 0. The van der Waals surface area contributed by atoms with Gasteiger partial charge in [-0.1, -0.05) is 71.1 Å². The van der Waals surface area contributed by atoms with E-state index in [1.54, 1.807) is 0 Å². The van der Waals surface area contributed by atoms with E-state index in [1.165, 1.54) is 51.4 Å². The first-order valence-electron chi connectivity index (χ1n) is 8.72. The number of esters is 2. The van der Waals surface area contributed by atoms with Crippen molar-refractivity contribution in [3.63, 3.8) is 0 Å². The fourth-order valence-electron chi connectivity index (χ4n) is 2.25. The Morgan fingerprint density at radius 2 is 1.35 bits per heavy atom. The number of nitrogens with two attached hydrogens (primary N) is 1. The van der Waals surface area contributed by atoms with Crippen LogP contribution in [0.15, 0.2) is 0 Å². The molecule has 0 aliphatic rings. The predicted molar refractivity (Wildman–Crippen MR) is 93.0 cm³/mol. The van der Waals surface area contributed by atoms with Gasteiger partial charge in [0.2, 0.25) is 0 Å². The molecule has 0 bridgehead atoms. The van der Waals surface area contributed by atoms with Gasteiger partial charge in [0.15, 0.2) is 0 Å². The summed E-state index contributed by atoms with van der Waals surface area (Å²) in [5.74, 6) is -1.40. The summed E-state index contributed by atoms with van der Waals surface area (Å²) in [5.41, 5.74) is 5.25. The van der Waals surface area contributed by atoms with Gasteiger partial charge in [-0.05, 0) is 6.42 Å². The molecular weight excluding hydrogens is 305 g/mol. The van der Waals surface area contributed by atoms with E-state index in [4.69, 9.17) is 10.8 Å². The van der Waals surface area contributed by atoms with Crippen molar-refractivity contribution in [1.82, 2.24) is 0 Å². The molecule has 0 aromatic carbocycles. The van der Waals surface area contributed by atoms with Crippen LogP contribution in [-0.4, -0.2) is 59.3 Å². The average molecular weight is 338 g/mol. The second kappa shape index (κ2) is 18.4. The summed E-state index contributed by atoms with van der Waals surface area (Å²) in [4.78, 5) is 22.5. The number of unbranched alkanes of at least 4 members (excludes halogenated alkanes) is 10. The van der Waals surface area contributed by atoms with Crippen molar-refractivity contribution >= 4 is 41.5 Å². The Hall–Kier alpha value is 0.0600. The maximum Gasteiger partial charge on any atom is 0.332 e. The van der Waals surface area contributed by atoms with Crippen LogP contribution >= 0.6 is 0 Å². The van der Waals surface area contributed by atoms with Crippen molar-refractivity contribution in [2.45, 2.75) is 90.0 Å². The van der Waals surface area contributed by atoms with Crippen LogP contribution in [0, 0.1) is 0 Å². The monoisotopic (exact) mass is 338 g/mol. The molecule has 0 saturated heterocycles. The molecule has 0 fully saturated rings. The molecule has 3 N–H and O–H groups in total. The Kier molecular flexibility index (Phi) is 20.2. The first-order chi connectivity index (χ1) is 10.6. The number of aliphatic hydroxyl groups is 1. The molecule has 0 amide bonds. The molecule has 0 aromatic rings. The summed E-state index contributed by atoms with van der Waals surface area (Å²) in [6.45, 7) is 1.72. The number of carbonyl (C=O) groups is 2. The standard InChI is InChI=1S/C17H33NO4.Na/c1-2-3-4-5-6-7-8-9-10-11-12-13-16(20)22-17(21)15(18)14-19;/h15,19H,2-14,18H2,1H3;/t15-;/m0./s1. The zero-order chi connectivity index (χ0) is 16.6. The van der Waals surface area contributed by atoms with Gasteiger partial charge in [0, 0.05) is 36.0 Å². The van der Waals surface area contributed by atoms with Gasteiger partial charge in [-0.25, -0.2) is 4.79 Å². The molecule has 131 valence electrons. The maximum absolute atomic E-state index is 11.4. The second-order valence-corrected chi connectivity index (χ2v) is 5.87. The third-order valence-electron chi connectivity index (χ3n) is 3.70. The van der Waals surface area contributed by atoms with Gasteiger partial charge in [0.05, 0.1) is 6.61 Å². The van der Waals surface area contributed by atoms with Gasteiger partial charge in [0.25, 0.3) is 0 Å². The molecule has 6 heteroatoms. The first kappa shape index (κ1) is 25.3. The summed E-state index contributed by atoms with van der Waals surface area (Å²) in [7, 11) is 0. The van der Waals surface area contributed by atoms with Crippen molar-refractivity contribution < 1.29 is 19.4 Å². The summed E-state index contributed by atoms with van der Waals surface area (Å²) in [6, 6.07) is -1.12. The average Bonchev–Trinajstić information content (AvgIpc) is 2.51. The van der Waals surface area contributed by atoms with E-state index in [0.29, 0.717) is 0 Å². The van der Waals surface area contributed by atoms with Gasteiger partial charge in [0.1, 0.15) is 6.04 Å². The number of carbonyl (C=O) groups excluding carboxylic acids is 2. The number of ether oxygens (including phenoxy) is 1. The van der Waals surface area contributed by atoms with Crippen LogP contribution in [-0.2, 0) is 14.3 Å². The van der Waals surface area contributed by atoms with Crippen LogP contribution in [0.5, 0.6) is 0 Å². The molecule has 0 aliphatic carbocycles. The Morgan fingerprint density at radius 1 is 0.913 bits per heavy atom. The van der Waals surface area contributed by atoms with Gasteiger partial charge < -0.3 is 15.6 Å². The Labute approximate surface area is 163 Å². The molecule has 0 rings (SSSR count). The quantitative estimate of drug-likeness (QED) is 0.220. The van der Waals surface area contributed by atoms with Crippen LogP contribution in [0.2, 0.25) is 0 Å². The Morgan fingerprint density at radius 3 is 1.78 bits per heavy atom. The number of hydrogen-bond donors (Lipinski definition) is 2. The zero-order valence-electron chi connectivity index (χ0n) is 15.0. The first-order valence-corrected chi connectivity index (χ1v) is 8.72. The van der Waals surface area contributed by atoms with Crippen LogP contribution in [0.4, 0.5) is 0 Å². The van der Waals surface area contributed by atoms with Gasteiger partial charge in [-0.3, -0.25) is 4.79 Å². The fourth-order valence-corrected chi connectivity index (χ4v) is 2.25. The van der Waals surface area contributed by atoms with E-state index in [-0.39, 0.29) is 36.0 Å². The van der Waals surface area contributed by atoms with E-state index in [9.17, 15) is 9.59 Å². The third kappa shape index (κ3) is 16.7. The normalized spacial score (nSPS) is 11.6. The zero-order valence-corrected chi connectivity index (χ0v) is 17.0.